The predicted molar refractivity (Wildman–Crippen MR) is 77.6 cm³/mol. The molecule has 1 aromatic rings. The van der Waals surface area contributed by atoms with E-state index in [-0.39, 0.29) is 11.2 Å². The molecule has 0 aliphatic rings. The zero-order chi connectivity index (χ0) is 13.6. The lowest BCUT2D eigenvalue weighted by Gasteiger charge is -2.26. The Morgan fingerprint density at radius 2 is 1.78 bits per heavy atom. The van der Waals surface area contributed by atoms with Crippen molar-refractivity contribution in [2.75, 3.05) is 0 Å². The minimum absolute atomic E-state index is 0.243. The van der Waals surface area contributed by atoms with Crippen LogP contribution in [0.3, 0.4) is 0 Å². The van der Waals surface area contributed by atoms with Gasteiger partial charge in [0.15, 0.2) is 0 Å². The molecule has 0 heterocycles. The minimum atomic E-state index is -0.243. The molecule has 1 rings (SSSR count). The molecule has 0 amide bonds. The Kier molecular flexibility index (Phi) is 5.33. The number of ketones is 1. The summed E-state index contributed by atoms with van der Waals surface area (Å²) in [4.78, 5) is 11.9. The maximum Gasteiger partial charge on any atom is 0.136 e. The van der Waals surface area contributed by atoms with E-state index in [2.05, 4.69) is 39.0 Å². The second-order valence-corrected chi connectivity index (χ2v) is 5.60. The molecule has 98 valence electrons. The van der Waals surface area contributed by atoms with Crippen molar-refractivity contribution in [3.63, 3.8) is 0 Å². The van der Waals surface area contributed by atoms with E-state index in [1.807, 2.05) is 18.2 Å². The van der Waals surface area contributed by atoms with Gasteiger partial charge in [0, 0.05) is 5.41 Å². The summed E-state index contributed by atoms with van der Waals surface area (Å²) in [5, 5.41) is 0. The molecule has 0 spiro atoms. The fraction of sp³-hybridized carbons (Fsp3) is 0.471. The Labute approximate surface area is 111 Å². The summed E-state index contributed by atoms with van der Waals surface area (Å²) in [6.07, 6.45) is 4.94. The number of carbonyl (C=O) groups excluding carboxylic acids is 1. The van der Waals surface area contributed by atoms with Gasteiger partial charge in [0.1, 0.15) is 5.78 Å². The van der Waals surface area contributed by atoms with Crippen LogP contribution in [0.1, 0.15) is 46.1 Å². The second kappa shape index (κ2) is 6.53. The van der Waals surface area contributed by atoms with Crippen LogP contribution in [0.25, 0.3) is 0 Å². The number of allylic oxidation sites excluding steroid dienone is 2. The van der Waals surface area contributed by atoms with Gasteiger partial charge < -0.3 is 0 Å². The normalized spacial score (nSPS) is 13.8. The maximum absolute atomic E-state index is 11.9. The third kappa shape index (κ3) is 4.48. The topological polar surface area (TPSA) is 17.1 Å². The van der Waals surface area contributed by atoms with Crippen molar-refractivity contribution in [3.8, 4) is 0 Å². The third-order valence-electron chi connectivity index (χ3n) is 3.54. The molecule has 0 bridgehead atoms. The lowest BCUT2D eigenvalue weighted by Crippen LogP contribution is -2.28. The first-order valence-corrected chi connectivity index (χ1v) is 6.62. The molecule has 0 N–H and O–H groups in total. The highest BCUT2D eigenvalue weighted by Gasteiger charge is 2.29. The van der Waals surface area contributed by atoms with Gasteiger partial charge in [0.2, 0.25) is 0 Å². The number of benzene rings is 1. The monoisotopic (exact) mass is 244 g/mol. The Bertz CT molecular complexity index is 412. The smallest absolute Gasteiger partial charge is 0.136 e. The van der Waals surface area contributed by atoms with Crippen LogP contribution in [0, 0.1) is 5.41 Å². The summed E-state index contributed by atoms with van der Waals surface area (Å²) in [5.41, 5.74) is 2.32. The van der Waals surface area contributed by atoms with E-state index < -0.39 is 0 Å². The van der Waals surface area contributed by atoms with E-state index in [0.29, 0.717) is 0 Å². The first-order chi connectivity index (χ1) is 8.44. The number of hydrogen-bond acceptors (Lipinski definition) is 1. The highest BCUT2D eigenvalue weighted by molar-refractivity contribution is 5.82. The van der Waals surface area contributed by atoms with Crippen LogP contribution in [-0.2, 0) is 11.2 Å². The summed E-state index contributed by atoms with van der Waals surface area (Å²) in [6, 6.07) is 10.3. The van der Waals surface area contributed by atoms with E-state index in [1.165, 1.54) is 11.1 Å². The fourth-order valence-corrected chi connectivity index (χ4v) is 2.11. The third-order valence-corrected chi connectivity index (χ3v) is 3.54. The van der Waals surface area contributed by atoms with Crippen molar-refractivity contribution < 1.29 is 4.79 Å². The Balaban J connectivity index is 2.75. The quantitative estimate of drug-likeness (QED) is 0.670. The van der Waals surface area contributed by atoms with Gasteiger partial charge in [-0.25, -0.2) is 0 Å². The predicted octanol–water partition coefficient (Wildman–Crippen LogP) is 4.57. The van der Waals surface area contributed by atoms with Crippen LogP contribution in [0.2, 0.25) is 0 Å². The van der Waals surface area contributed by atoms with Crippen LogP contribution in [-0.4, -0.2) is 5.78 Å². The van der Waals surface area contributed by atoms with Crippen LogP contribution < -0.4 is 0 Å². The standard InChI is InChI=1S/C17H24O/c1-14(2)9-8-12-17(4,15(3)18)13-16-10-6-5-7-11-16/h5-7,9-11H,8,12-13H2,1-4H3. The van der Waals surface area contributed by atoms with Gasteiger partial charge in [-0.15, -0.1) is 0 Å². The molecule has 1 atom stereocenters. The first-order valence-electron chi connectivity index (χ1n) is 6.62. The van der Waals surface area contributed by atoms with Crippen LogP contribution in [0.4, 0.5) is 0 Å². The van der Waals surface area contributed by atoms with Gasteiger partial charge in [0.25, 0.3) is 0 Å². The lowest BCUT2D eigenvalue weighted by atomic mass is 9.76. The zero-order valence-electron chi connectivity index (χ0n) is 12.0. The number of Topliss-reactive ketones (excluding diaryl/α,β-unsaturated/α-hetero) is 1. The molecule has 0 saturated carbocycles. The maximum atomic E-state index is 11.9. The van der Waals surface area contributed by atoms with Gasteiger partial charge in [-0.2, -0.15) is 0 Å². The molecule has 1 unspecified atom stereocenters. The SMILES string of the molecule is CC(=O)C(C)(CCC=C(C)C)Cc1ccccc1. The van der Waals surface area contributed by atoms with E-state index in [9.17, 15) is 4.79 Å². The molecule has 0 aliphatic carbocycles. The van der Waals surface area contributed by atoms with Crippen molar-refractivity contribution in [3.05, 3.63) is 47.5 Å². The second-order valence-electron chi connectivity index (χ2n) is 5.60. The molecule has 1 aromatic carbocycles. The molecule has 0 radical (unpaired) electrons. The number of carbonyl (C=O) groups is 1. The Hall–Kier alpha value is -1.37. The summed E-state index contributed by atoms with van der Waals surface area (Å²) < 4.78 is 0. The fourth-order valence-electron chi connectivity index (χ4n) is 2.11. The summed E-state index contributed by atoms with van der Waals surface area (Å²) in [7, 11) is 0. The molecule has 0 aromatic heterocycles. The molecular weight excluding hydrogens is 220 g/mol. The minimum Gasteiger partial charge on any atom is -0.299 e. The van der Waals surface area contributed by atoms with Crippen molar-refractivity contribution in [1.82, 2.24) is 0 Å². The summed E-state index contributed by atoms with van der Waals surface area (Å²) in [5.74, 6) is 0.286. The molecular formula is C17H24O. The van der Waals surface area contributed by atoms with Gasteiger partial charge >= 0.3 is 0 Å². The molecule has 0 aliphatic heterocycles. The van der Waals surface area contributed by atoms with Crippen molar-refractivity contribution >= 4 is 5.78 Å². The average molecular weight is 244 g/mol. The van der Waals surface area contributed by atoms with Crippen molar-refractivity contribution in [2.24, 2.45) is 5.41 Å². The van der Waals surface area contributed by atoms with E-state index in [0.717, 1.165) is 19.3 Å². The Morgan fingerprint density at radius 1 is 1.17 bits per heavy atom. The van der Waals surface area contributed by atoms with Gasteiger partial charge in [-0.3, -0.25) is 4.79 Å². The summed E-state index contributed by atoms with van der Waals surface area (Å²) >= 11 is 0. The number of rotatable bonds is 6. The zero-order valence-corrected chi connectivity index (χ0v) is 12.0. The largest absolute Gasteiger partial charge is 0.299 e. The van der Waals surface area contributed by atoms with E-state index in [4.69, 9.17) is 0 Å². The van der Waals surface area contributed by atoms with Gasteiger partial charge in [-0.1, -0.05) is 48.9 Å². The molecule has 1 heteroatoms. The van der Waals surface area contributed by atoms with Crippen LogP contribution in [0.15, 0.2) is 42.0 Å². The Morgan fingerprint density at radius 3 is 2.28 bits per heavy atom. The van der Waals surface area contributed by atoms with Crippen LogP contribution in [0.5, 0.6) is 0 Å². The molecule has 0 fully saturated rings. The first kappa shape index (κ1) is 14.7. The van der Waals surface area contributed by atoms with Gasteiger partial charge in [0.05, 0.1) is 0 Å². The van der Waals surface area contributed by atoms with E-state index >= 15 is 0 Å². The van der Waals surface area contributed by atoms with Crippen LogP contribution >= 0.6 is 0 Å². The average Bonchev–Trinajstić information content (AvgIpc) is 2.29. The number of hydrogen-bond donors (Lipinski definition) is 0. The highest BCUT2D eigenvalue weighted by Crippen LogP contribution is 2.29. The molecule has 1 nitrogen and oxygen atoms in total. The van der Waals surface area contributed by atoms with Crippen molar-refractivity contribution in [1.29, 1.82) is 0 Å². The van der Waals surface area contributed by atoms with Crippen molar-refractivity contribution in [2.45, 2.75) is 47.0 Å². The highest BCUT2D eigenvalue weighted by atomic mass is 16.1. The van der Waals surface area contributed by atoms with Gasteiger partial charge in [-0.05, 0) is 45.6 Å². The lowest BCUT2D eigenvalue weighted by molar-refractivity contribution is -0.126. The summed E-state index contributed by atoms with van der Waals surface area (Å²) in [6.45, 7) is 8.00. The molecule has 18 heavy (non-hydrogen) atoms. The molecule has 0 saturated heterocycles. The van der Waals surface area contributed by atoms with E-state index in [1.54, 1.807) is 6.92 Å².